The minimum absolute atomic E-state index is 0.0285. The molecule has 0 bridgehead atoms. The minimum atomic E-state index is -0.328. The van der Waals surface area contributed by atoms with E-state index in [2.05, 4.69) is 5.32 Å². The zero-order chi connectivity index (χ0) is 13.5. The Hall–Kier alpha value is -1.62. The molecular weight excluding hydrogens is 248 g/mol. The van der Waals surface area contributed by atoms with Crippen LogP contribution in [-0.2, 0) is 4.79 Å². The number of amides is 1. The molecule has 1 atom stereocenters. The molecule has 0 aliphatic carbocycles. The molecule has 0 aliphatic rings. The van der Waals surface area contributed by atoms with Gasteiger partial charge in [0, 0.05) is 18.5 Å². The molecule has 4 nitrogen and oxygen atoms in total. The maximum Gasteiger partial charge on any atom is 0.217 e. The molecule has 1 aromatic carbocycles. The number of rotatable bonds is 6. The zero-order valence-corrected chi connectivity index (χ0v) is 11.3. The summed E-state index contributed by atoms with van der Waals surface area (Å²) in [6.07, 6.45) is 2.11. The van der Waals surface area contributed by atoms with Crippen molar-refractivity contribution in [3.63, 3.8) is 0 Å². The van der Waals surface area contributed by atoms with Gasteiger partial charge in [0.2, 0.25) is 5.91 Å². The van der Waals surface area contributed by atoms with Crippen molar-refractivity contribution in [3.8, 4) is 5.75 Å². The van der Waals surface area contributed by atoms with Gasteiger partial charge in [-0.1, -0.05) is 19.1 Å². The Morgan fingerprint density at radius 2 is 2.11 bits per heavy atom. The van der Waals surface area contributed by atoms with Crippen LogP contribution in [0.2, 0.25) is 0 Å². The van der Waals surface area contributed by atoms with E-state index in [0.717, 1.165) is 11.4 Å². The van der Waals surface area contributed by atoms with Gasteiger partial charge in [0.15, 0.2) is 0 Å². The van der Waals surface area contributed by atoms with E-state index in [1.807, 2.05) is 37.6 Å². The molecule has 0 saturated carbocycles. The van der Waals surface area contributed by atoms with Crippen LogP contribution in [0.4, 0.5) is 5.69 Å². The van der Waals surface area contributed by atoms with Crippen LogP contribution in [0.1, 0.15) is 13.3 Å². The molecule has 0 saturated heterocycles. The largest absolute Gasteiger partial charge is 0.497 e. The van der Waals surface area contributed by atoms with Crippen LogP contribution in [0.3, 0.4) is 0 Å². The number of thiocarbonyl (C=S) groups is 1. The summed E-state index contributed by atoms with van der Waals surface area (Å²) in [7, 11) is 1.62. The second-order valence-corrected chi connectivity index (χ2v) is 4.47. The maximum absolute atomic E-state index is 10.7. The number of methoxy groups -OCH3 is 1. The quantitative estimate of drug-likeness (QED) is 0.774. The Labute approximate surface area is 113 Å². The number of ether oxygens (including phenoxy) is 1. The van der Waals surface area contributed by atoms with E-state index in [4.69, 9.17) is 22.7 Å². The highest BCUT2D eigenvalue weighted by molar-refractivity contribution is 7.80. The van der Waals surface area contributed by atoms with Crippen LogP contribution < -0.4 is 15.8 Å². The van der Waals surface area contributed by atoms with E-state index in [1.165, 1.54) is 0 Å². The van der Waals surface area contributed by atoms with E-state index >= 15 is 0 Å². The van der Waals surface area contributed by atoms with E-state index in [1.54, 1.807) is 7.11 Å². The third-order valence-corrected chi connectivity index (χ3v) is 2.55. The second kappa shape index (κ2) is 6.96. The average Bonchev–Trinajstić information content (AvgIpc) is 2.28. The van der Waals surface area contributed by atoms with Gasteiger partial charge in [-0.3, -0.25) is 4.79 Å². The Balaban J connectivity index is 2.46. The summed E-state index contributed by atoms with van der Waals surface area (Å²) in [5, 5.41) is 3.07. The average molecular weight is 265 g/mol. The topological polar surface area (TPSA) is 64.3 Å². The standard InChI is InChI=1S/C13H17N2O2S/c1-9(7-12(14)16)8-13(18)15-10-3-5-11(17-2)6-4-10/h3-6,8-9H,7H2,1-2H3,(H2,14,16)(H,15,18)/t9-/m1/s1. The molecule has 18 heavy (non-hydrogen) atoms. The van der Waals surface area contributed by atoms with E-state index in [-0.39, 0.29) is 11.8 Å². The van der Waals surface area contributed by atoms with Gasteiger partial charge in [0.25, 0.3) is 0 Å². The van der Waals surface area contributed by atoms with E-state index < -0.39 is 0 Å². The summed E-state index contributed by atoms with van der Waals surface area (Å²) < 4.78 is 5.06. The molecule has 0 unspecified atom stereocenters. The number of hydrogen-bond donors (Lipinski definition) is 2. The Morgan fingerprint density at radius 1 is 1.50 bits per heavy atom. The molecule has 1 aromatic rings. The van der Waals surface area contributed by atoms with Crippen LogP contribution in [0, 0.1) is 12.3 Å². The van der Waals surface area contributed by atoms with Crippen molar-refractivity contribution in [2.45, 2.75) is 13.3 Å². The number of nitrogens with two attached hydrogens (primary N) is 1. The van der Waals surface area contributed by atoms with Gasteiger partial charge in [0.05, 0.1) is 12.1 Å². The van der Waals surface area contributed by atoms with Crippen LogP contribution in [0.25, 0.3) is 0 Å². The van der Waals surface area contributed by atoms with E-state index in [9.17, 15) is 4.79 Å². The Morgan fingerprint density at radius 3 is 2.61 bits per heavy atom. The first kappa shape index (κ1) is 14.4. The number of primary amides is 1. The van der Waals surface area contributed by atoms with Crippen LogP contribution in [0.5, 0.6) is 5.75 Å². The lowest BCUT2D eigenvalue weighted by atomic mass is 10.0. The summed E-state index contributed by atoms with van der Waals surface area (Å²) in [6, 6.07) is 7.44. The molecule has 1 amide bonds. The first-order valence-electron chi connectivity index (χ1n) is 5.59. The molecule has 0 fully saturated rings. The van der Waals surface area contributed by atoms with E-state index in [0.29, 0.717) is 11.4 Å². The molecule has 0 aromatic heterocycles. The second-order valence-electron chi connectivity index (χ2n) is 4.03. The van der Waals surface area contributed by atoms with Crippen molar-refractivity contribution in [3.05, 3.63) is 30.7 Å². The van der Waals surface area contributed by atoms with Crippen molar-refractivity contribution < 1.29 is 9.53 Å². The lowest BCUT2D eigenvalue weighted by Crippen LogP contribution is -2.19. The zero-order valence-electron chi connectivity index (χ0n) is 10.5. The number of hydrogen-bond acceptors (Lipinski definition) is 3. The lowest BCUT2D eigenvalue weighted by molar-refractivity contribution is -0.118. The summed E-state index contributed by atoms with van der Waals surface area (Å²) in [5.74, 6) is 0.490. The lowest BCUT2D eigenvalue weighted by Gasteiger charge is -2.12. The van der Waals surface area contributed by atoms with Crippen LogP contribution in [-0.4, -0.2) is 18.0 Å². The van der Waals surface area contributed by atoms with Crippen molar-refractivity contribution in [1.82, 2.24) is 0 Å². The molecule has 0 heterocycles. The summed E-state index contributed by atoms with van der Waals surface area (Å²) in [6.45, 7) is 1.90. The van der Waals surface area contributed by atoms with Gasteiger partial charge in [-0.2, -0.15) is 0 Å². The molecule has 97 valence electrons. The summed E-state index contributed by atoms with van der Waals surface area (Å²) in [5.41, 5.74) is 6.00. The first-order chi connectivity index (χ1) is 8.51. The first-order valence-corrected chi connectivity index (χ1v) is 6.00. The maximum atomic E-state index is 10.7. The Kier molecular flexibility index (Phi) is 5.58. The number of anilines is 1. The predicted molar refractivity (Wildman–Crippen MR) is 76.5 cm³/mol. The van der Waals surface area contributed by atoms with Crippen LogP contribution >= 0.6 is 12.2 Å². The van der Waals surface area contributed by atoms with Gasteiger partial charge in [-0.05, 0) is 30.2 Å². The molecule has 3 N–H and O–H groups in total. The van der Waals surface area contributed by atoms with Crippen molar-refractivity contribution in [2.24, 2.45) is 11.7 Å². The highest BCUT2D eigenvalue weighted by Crippen LogP contribution is 2.16. The summed E-state index contributed by atoms with van der Waals surface area (Å²) >= 11 is 5.18. The molecule has 0 spiro atoms. The molecule has 1 radical (unpaired) electrons. The van der Waals surface area contributed by atoms with Gasteiger partial charge < -0.3 is 15.8 Å². The molecular formula is C13H17N2O2S. The highest BCUT2D eigenvalue weighted by atomic mass is 32.1. The predicted octanol–water partition coefficient (Wildman–Crippen LogP) is 2.15. The fraction of sp³-hybridized carbons (Fsp3) is 0.308. The smallest absolute Gasteiger partial charge is 0.217 e. The fourth-order valence-electron chi connectivity index (χ4n) is 1.49. The normalized spacial score (nSPS) is 11.7. The SMILES string of the molecule is COc1ccc(NC(=S)[CH][C@H](C)CC(N)=O)cc1. The third-order valence-electron chi connectivity index (χ3n) is 2.32. The third kappa shape index (κ3) is 5.14. The highest BCUT2D eigenvalue weighted by Gasteiger charge is 2.09. The van der Waals surface area contributed by atoms with Crippen molar-refractivity contribution >= 4 is 28.8 Å². The van der Waals surface area contributed by atoms with Crippen molar-refractivity contribution in [1.29, 1.82) is 0 Å². The number of carbonyl (C=O) groups excluding carboxylic acids is 1. The fourth-order valence-corrected chi connectivity index (χ4v) is 1.84. The monoisotopic (exact) mass is 265 g/mol. The van der Waals surface area contributed by atoms with Gasteiger partial charge >= 0.3 is 0 Å². The minimum Gasteiger partial charge on any atom is -0.497 e. The molecule has 5 heteroatoms. The number of carbonyl (C=O) groups is 1. The summed E-state index contributed by atoms with van der Waals surface area (Å²) in [4.78, 5) is 11.3. The molecule has 1 rings (SSSR count). The van der Waals surface area contributed by atoms with Gasteiger partial charge in [-0.15, -0.1) is 0 Å². The van der Waals surface area contributed by atoms with Gasteiger partial charge in [0.1, 0.15) is 5.75 Å². The number of benzene rings is 1. The van der Waals surface area contributed by atoms with Crippen molar-refractivity contribution in [2.75, 3.05) is 12.4 Å². The van der Waals surface area contributed by atoms with Crippen LogP contribution in [0.15, 0.2) is 24.3 Å². The number of nitrogens with one attached hydrogen (secondary N) is 1. The Bertz CT molecular complexity index is 418. The van der Waals surface area contributed by atoms with Gasteiger partial charge in [-0.25, -0.2) is 0 Å². The molecule has 0 aliphatic heterocycles.